The fourth-order valence-corrected chi connectivity index (χ4v) is 4.97. The molecular weight excluding hydrogens is 566 g/mol. The fraction of sp³-hybridized carbons (Fsp3) is 0.167. The summed E-state index contributed by atoms with van der Waals surface area (Å²) in [7, 11) is 0. The molecule has 2 atom stereocenters. The van der Waals surface area contributed by atoms with Crippen LogP contribution in [0.15, 0.2) is 116 Å². The van der Waals surface area contributed by atoms with E-state index in [-0.39, 0.29) is 31.1 Å². The molecule has 2 heterocycles. The summed E-state index contributed by atoms with van der Waals surface area (Å²) >= 11 is 0. The third kappa shape index (κ3) is 8.23. The van der Waals surface area contributed by atoms with Crippen molar-refractivity contribution in [1.82, 2.24) is 25.9 Å². The number of carbonyl (C=O) groups is 4. The summed E-state index contributed by atoms with van der Waals surface area (Å²) in [6.07, 6.45) is 3.62. The topological polar surface area (TPSA) is 130 Å². The van der Waals surface area contributed by atoms with Gasteiger partial charge in [0.25, 0.3) is 5.91 Å². The van der Waals surface area contributed by atoms with Crippen LogP contribution in [0.25, 0.3) is 22.2 Å². The summed E-state index contributed by atoms with van der Waals surface area (Å²) in [6, 6.07) is 29.6. The Bertz CT molecular complexity index is 1810. The Kier molecular flexibility index (Phi) is 10.0. The Labute approximate surface area is 261 Å². The Balaban J connectivity index is 1.19. The van der Waals surface area contributed by atoms with Crippen molar-refractivity contribution in [2.45, 2.75) is 31.8 Å². The molecule has 0 aliphatic heterocycles. The molecule has 0 aliphatic rings. The maximum Gasteiger partial charge on any atom is 0.254 e. The Morgan fingerprint density at radius 2 is 1.47 bits per heavy atom. The quantitative estimate of drug-likeness (QED) is 0.198. The van der Waals surface area contributed by atoms with Gasteiger partial charge in [0.1, 0.15) is 6.04 Å². The van der Waals surface area contributed by atoms with Gasteiger partial charge in [-0.05, 0) is 48.4 Å². The molecule has 0 aliphatic carbocycles. The van der Waals surface area contributed by atoms with Crippen molar-refractivity contribution in [2.75, 3.05) is 6.54 Å². The first-order chi connectivity index (χ1) is 21.9. The number of rotatable bonds is 12. The van der Waals surface area contributed by atoms with Crippen molar-refractivity contribution in [2.24, 2.45) is 0 Å². The van der Waals surface area contributed by atoms with Gasteiger partial charge in [-0.15, -0.1) is 0 Å². The zero-order chi connectivity index (χ0) is 31.6. The number of fused-ring (bicyclic) bond motifs is 1. The molecule has 0 radical (unpaired) electrons. The predicted octanol–water partition coefficient (Wildman–Crippen LogP) is 4.07. The highest BCUT2D eigenvalue weighted by atomic mass is 16.2. The first-order valence-corrected chi connectivity index (χ1v) is 14.7. The highest BCUT2D eigenvalue weighted by Crippen LogP contribution is 2.18. The van der Waals surface area contributed by atoms with Crippen molar-refractivity contribution in [3.63, 3.8) is 0 Å². The van der Waals surface area contributed by atoms with Gasteiger partial charge >= 0.3 is 0 Å². The van der Waals surface area contributed by atoms with E-state index in [0.29, 0.717) is 11.1 Å². The zero-order valence-electron chi connectivity index (χ0n) is 24.8. The molecule has 0 saturated heterocycles. The predicted molar refractivity (Wildman–Crippen MR) is 172 cm³/mol. The molecular formula is C36H33N5O4. The first-order valence-electron chi connectivity index (χ1n) is 14.7. The number of nitrogens with zero attached hydrogens (tertiary/aromatic N) is 2. The Morgan fingerprint density at radius 3 is 2.27 bits per heavy atom. The minimum atomic E-state index is -0.956. The molecule has 0 spiro atoms. The molecule has 9 heteroatoms. The normalized spacial score (nSPS) is 12.1. The van der Waals surface area contributed by atoms with Gasteiger partial charge in [-0.25, -0.2) is 0 Å². The van der Waals surface area contributed by atoms with E-state index in [4.69, 9.17) is 0 Å². The van der Waals surface area contributed by atoms with Crippen LogP contribution >= 0.6 is 0 Å². The van der Waals surface area contributed by atoms with E-state index in [2.05, 4.69) is 25.9 Å². The van der Waals surface area contributed by atoms with Crippen molar-refractivity contribution >= 4 is 34.4 Å². The van der Waals surface area contributed by atoms with Gasteiger partial charge in [-0.3, -0.25) is 29.1 Å². The average Bonchev–Trinajstić information content (AvgIpc) is 3.07. The molecule has 3 amide bonds. The molecule has 45 heavy (non-hydrogen) atoms. The van der Waals surface area contributed by atoms with Crippen LogP contribution in [0.3, 0.4) is 0 Å². The molecule has 226 valence electrons. The third-order valence-corrected chi connectivity index (χ3v) is 7.33. The molecule has 0 fully saturated rings. The van der Waals surface area contributed by atoms with Gasteiger partial charge in [-0.1, -0.05) is 72.8 Å². The van der Waals surface area contributed by atoms with Crippen LogP contribution in [0, 0.1) is 0 Å². The third-order valence-electron chi connectivity index (χ3n) is 7.33. The Hall–Kier alpha value is -5.70. The van der Waals surface area contributed by atoms with E-state index in [9.17, 15) is 19.2 Å². The van der Waals surface area contributed by atoms with Crippen LogP contribution in [-0.4, -0.2) is 52.1 Å². The second kappa shape index (κ2) is 14.7. The number of carbonyl (C=O) groups excluding carboxylic acids is 4. The molecule has 1 unspecified atom stereocenters. The van der Waals surface area contributed by atoms with Gasteiger partial charge in [0.15, 0.2) is 5.78 Å². The lowest BCUT2D eigenvalue weighted by Crippen LogP contribution is -2.51. The molecule has 0 bridgehead atoms. The van der Waals surface area contributed by atoms with Gasteiger partial charge < -0.3 is 16.0 Å². The van der Waals surface area contributed by atoms with Crippen molar-refractivity contribution < 1.29 is 19.2 Å². The van der Waals surface area contributed by atoms with Crippen molar-refractivity contribution in [3.8, 4) is 11.3 Å². The average molecular weight is 600 g/mol. The van der Waals surface area contributed by atoms with E-state index >= 15 is 0 Å². The monoisotopic (exact) mass is 599 g/mol. The number of hydrogen-bond acceptors (Lipinski definition) is 6. The minimum absolute atomic E-state index is 0.0822. The van der Waals surface area contributed by atoms with Gasteiger partial charge in [0.05, 0.1) is 35.8 Å². The van der Waals surface area contributed by atoms with Crippen LogP contribution < -0.4 is 16.0 Å². The lowest BCUT2D eigenvalue weighted by atomic mass is 10.0. The van der Waals surface area contributed by atoms with E-state index in [0.717, 1.165) is 27.8 Å². The standard InChI is InChI=1S/C36H33N5O4/c1-24(40-33(43)22-26-12-7-14-28(20-26)30-17-5-6-18-37-30)32(42)23-39-36(45)31(21-25-10-3-2-4-11-25)41-35(44)29-16-8-13-27-15-9-19-38-34(27)29/h2-20,24,31H,21-23H2,1H3,(H,39,45)(H,40,43)(H,41,44)/t24?,31-/m0/s1. The largest absolute Gasteiger partial charge is 0.347 e. The number of amides is 3. The molecule has 2 aromatic heterocycles. The maximum absolute atomic E-state index is 13.3. The van der Waals surface area contributed by atoms with Crippen LogP contribution in [-0.2, 0) is 27.2 Å². The van der Waals surface area contributed by atoms with E-state index in [1.54, 1.807) is 37.5 Å². The molecule has 3 N–H and O–H groups in total. The minimum Gasteiger partial charge on any atom is -0.347 e. The molecule has 5 aromatic rings. The molecule has 9 nitrogen and oxygen atoms in total. The van der Waals surface area contributed by atoms with Gasteiger partial charge in [-0.2, -0.15) is 0 Å². The van der Waals surface area contributed by atoms with Crippen LogP contribution in [0.5, 0.6) is 0 Å². The summed E-state index contributed by atoms with van der Waals surface area (Å²) in [4.78, 5) is 61.0. The smallest absolute Gasteiger partial charge is 0.254 e. The summed E-state index contributed by atoms with van der Waals surface area (Å²) in [6.45, 7) is 1.26. The number of ketones is 1. The second-order valence-electron chi connectivity index (χ2n) is 10.7. The molecule has 0 saturated carbocycles. The van der Waals surface area contributed by atoms with Crippen LogP contribution in [0.1, 0.15) is 28.4 Å². The number of pyridine rings is 2. The summed E-state index contributed by atoms with van der Waals surface area (Å²) in [5.74, 6) is -1.66. The fourth-order valence-electron chi connectivity index (χ4n) is 4.97. The summed E-state index contributed by atoms with van der Waals surface area (Å²) in [5.41, 5.74) is 4.19. The van der Waals surface area contributed by atoms with Gasteiger partial charge in [0.2, 0.25) is 11.8 Å². The highest BCUT2D eigenvalue weighted by molar-refractivity contribution is 6.07. The zero-order valence-corrected chi connectivity index (χ0v) is 24.8. The highest BCUT2D eigenvalue weighted by Gasteiger charge is 2.25. The number of Topliss-reactive ketones (excluding diaryl/α,β-unsaturated/α-hetero) is 1. The van der Waals surface area contributed by atoms with Crippen molar-refractivity contribution in [1.29, 1.82) is 0 Å². The number of hydrogen-bond donors (Lipinski definition) is 3. The lowest BCUT2D eigenvalue weighted by molar-refractivity contribution is -0.128. The molecule has 5 rings (SSSR count). The summed E-state index contributed by atoms with van der Waals surface area (Å²) < 4.78 is 0. The number of aromatic nitrogens is 2. The van der Waals surface area contributed by atoms with E-state index in [1.807, 2.05) is 84.9 Å². The van der Waals surface area contributed by atoms with E-state index in [1.165, 1.54) is 0 Å². The number of para-hydroxylation sites is 1. The second-order valence-corrected chi connectivity index (χ2v) is 10.7. The lowest BCUT2D eigenvalue weighted by Gasteiger charge is -2.20. The maximum atomic E-state index is 13.3. The van der Waals surface area contributed by atoms with Gasteiger partial charge in [0, 0.05) is 29.8 Å². The van der Waals surface area contributed by atoms with E-state index < -0.39 is 23.9 Å². The van der Waals surface area contributed by atoms with Crippen LogP contribution in [0.4, 0.5) is 0 Å². The molecule has 3 aromatic carbocycles. The van der Waals surface area contributed by atoms with Crippen molar-refractivity contribution in [3.05, 3.63) is 132 Å². The summed E-state index contributed by atoms with van der Waals surface area (Å²) in [5, 5.41) is 9.00. The Morgan fingerprint density at radius 1 is 0.733 bits per heavy atom. The SMILES string of the molecule is CC(NC(=O)Cc1cccc(-c2ccccn2)c1)C(=O)CNC(=O)[C@H](Cc1ccccc1)NC(=O)c1cccc2cccnc12. The number of nitrogens with one attached hydrogen (secondary N) is 3. The number of benzene rings is 3. The first kappa shape index (κ1) is 30.7. The van der Waals surface area contributed by atoms with Crippen LogP contribution in [0.2, 0.25) is 0 Å².